The highest BCUT2D eigenvalue weighted by Crippen LogP contribution is 2.66. The van der Waals surface area contributed by atoms with Crippen molar-refractivity contribution in [1.82, 2.24) is 0 Å². The molecule has 6 nitrogen and oxygen atoms in total. The Bertz CT molecular complexity index is 696. The summed E-state index contributed by atoms with van der Waals surface area (Å²) in [5.74, 6) is -0.431. The number of sulfone groups is 1. The van der Waals surface area contributed by atoms with Crippen LogP contribution in [0.4, 0.5) is 4.39 Å². The Hall–Kier alpha value is -1.08. The first kappa shape index (κ1) is 21.0. The molecule has 136 valence electrons. The molecule has 0 aliphatic rings. The number of ketones is 1. The minimum Gasteiger partial charge on any atom is -0.306 e. The maximum atomic E-state index is 15.8. The van der Waals surface area contributed by atoms with E-state index in [1.54, 1.807) is 6.07 Å². The van der Waals surface area contributed by atoms with E-state index in [2.05, 4.69) is 0 Å². The van der Waals surface area contributed by atoms with Crippen LogP contribution in [0.3, 0.4) is 0 Å². The van der Waals surface area contributed by atoms with Gasteiger partial charge in [0.25, 0.3) is 0 Å². The zero-order chi connectivity index (χ0) is 18.4. The van der Waals surface area contributed by atoms with E-state index in [4.69, 9.17) is 9.05 Å². The van der Waals surface area contributed by atoms with Gasteiger partial charge < -0.3 is 13.8 Å². The summed E-state index contributed by atoms with van der Waals surface area (Å²) in [6.45, 7) is 3.70. The van der Waals surface area contributed by atoms with Crippen LogP contribution in [0.15, 0.2) is 35.2 Å². The molecule has 0 bridgehead atoms. The van der Waals surface area contributed by atoms with Crippen molar-refractivity contribution in [3.8, 4) is 0 Å². The molecule has 0 aliphatic heterocycles. The molecule has 1 rings (SSSR count). The molecule has 24 heavy (non-hydrogen) atoms. The molecule has 0 aromatic heterocycles. The first-order chi connectivity index (χ1) is 11.1. The minimum atomic E-state index is -4.73. The molecule has 9 heteroatoms. The van der Waals surface area contributed by atoms with Crippen molar-refractivity contribution in [3.63, 3.8) is 0 Å². The molecule has 0 radical (unpaired) electrons. The van der Waals surface area contributed by atoms with E-state index in [9.17, 15) is 17.8 Å². The van der Waals surface area contributed by atoms with E-state index in [1.165, 1.54) is 45.0 Å². The summed E-state index contributed by atoms with van der Waals surface area (Å²) in [6.07, 6.45) is -1.22. The predicted molar refractivity (Wildman–Crippen MR) is 88.2 cm³/mol. The second-order valence-electron chi connectivity index (χ2n) is 5.04. The minimum absolute atomic E-state index is 0.201. The fraction of sp³-hybridized carbons (Fsp3) is 0.533. The molecule has 0 amide bonds. The highest BCUT2D eigenvalue weighted by atomic mass is 32.2. The molecule has 0 aliphatic carbocycles. The Balaban J connectivity index is 3.54. The summed E-state index contributed by atoms with van der Waals surface area (Å²) in [7, 11) is -9.42. The van der Waals surface area contributed by atoms with Crippen LogP contribution in [0.25, 0.3) is 0 Å². The van der Waals surface area contributed by atoms with Gasteiger partial charge in [-0.15, -0.1) is 0 Å². The molecule has 0 fully saturated rings. The molecule has 1 atom stereocenters. The lowest BCUT2D eigenvalue weighted by atomic mass is 10.2. The van der Waals surface area contributed by atoms with Gasteiger partial charge in [0.2, 0.25) is 9.84 Å². The third kappa shape index (κ3) is 4.11. The topological polar surface area (TPSA) is 86.7 Å². The van der Waals surface area contributed by atoms with E-state index in [0.29, 0.717) is 0 Å². The second kappa shape index (κ2) is 8.34. The van der Waals surface area contributed by atoms with Crippen LogP contribution >= 0.6 is 7.60 Å². The van der Waals surface area contributed by atoms with Gasteiger partial charge in [0.1, 0.15) is 5.78 Å². The van der Waals surface area contributed by atoms with Crippen LogP contribution in [0.1, 0.15) is 33.6 Å². The van der Waals surface area contributed by atoms with Gasteiger partial charge in [-0.2, -0.15) is 0 Å². The van der Waals surface area contributed by atoms with Crippen LogP contribution in [-0.2, 0) is 28.2 Å². The number of hydrogen-bond donors (Lipinski definition) is 0. The summed E-state index contributed by atoms with van der Waals surface area (Å²) >= 11 is 0. The molecule has 1 aromatic carbocycles. The average molecular weight is 380 g/mol. The number of halogens is 1. The monoisotopic (exact) mass is 380 g/mol. The van der Waals surface area contributed by atoms with Crippen molar-refractivity contribution >= 4 is 23.2 Å². The number of carbonyl (C=O) groups excluding carboxylic acids is 1. The van der Waals surface area contributed by atoms with Crippen LogP contribution in [0, 0.1) is 0 Å². The largest absolute Gasteiger partial charge is 0.383 e. The molecule has 0 spiro atoms. The molecule has 0 heterocycles. The zero-order valence-corrected chi connectivity index (χ0v) is 15.6. The maximum absolute atomic E-state index is 15.8. The van der Waals surface area contributed by atoms with Crippen molar-refractivity contribution in [2.75, 3.05) is 13.2 Å². The van der Waals surface area contributed by atoms with Crippen molar-refractivity contribution < 1.29 is 31.2 Å². The van der Waals surface area contributed by atoms with Crippen LogP contribution in [0.2, 0.25) is 0 Å². The highest BCUT2D eigenvalue weighted by Gasteiger charge is 2.62. The molecule has 0 saturated heterocycles. The van der Waals surface area contributed by atoms with E-state index < -0.39 is 40.8 Å². The van der Waals surface area contributed by atoms with Crippen LogP contribution in [0.5, 0.6) is 0 Å². The number of alkyl halides is 1. The Kier molecular flexibility index (Phi) is 7.28. The summed E-state index contributed by atoms with van der Waals surface area (Å²) in [4.78, 5) is 10.9. The first-order valence-corrected chi connectivity index (χ1v) is 10.5. The molecule has 0 unspecified atom stereocenters. The van der Waals surface area contributed by atoms with Gasteiger partial charge in [0.15, 0.2) is 0 Å². The number of carbonyl (C=O) groups is 1. The van der Waals surface area contributed by atoms with Crippen LogP contribution < -0.4 is 0 Å². The Morgan fingerprint density at radius 1 is 1.17 bits per heavy atom. The normalized spacial score (nSPS) is 15.0. The lowest BCUT2D eigenvalue weighted by Gasteiger charge is -2.31. The fourth-order valence-electron chi connectivity index (χ4n) is 2.10. The SMILES string of the molecule is CCOP(=O)(OCC)[C@@](F)(CCC(C)=O)S(=O)(=O)c1ccccc1. The van der Waals surface area contributed by atoms with E-state index >= 15 is 4.39 Å². The van der Waals surface area contributed by atoms with E-state index in [1.807, 2.05) is 0 Å². The van der Waals surface area contributed by atoms with Gasteiger partial charge in [0.05, 0.1) is 18.1 Å². The van der Waals surface area contributed by atoms with Gasteiger partial charge in [-0.25, -0.2) is 12.8 Å². The summed E-state index contributed by atoms with van der Waals surface area (Å²) in [5, 5.41) is 0. The number of rotatable bonds is 10. The fourth-order valence-corrected chi connectivity index (χ4v) is 6.68. The summed E-state index contributed by atoms with van der Waals surface area (Å²) < 4.78 is 61.0. The van der Waals surface area contributed by atoms with Gasteiger partial charge >= 0.3 is 12.3 Å². The number of benzene rings is 1. The second-order valence-corrected chi connectivity index (χ2v) is 9.69. The molecule has 0 N–H and O–H groups in total. The predicted octanol–water partition coefficient (Wildman–Crippen LogP) is 3.72. The van der Waals surface area contributed by atoms with Gasteiger partial charge in [-0.05, 0) is 32.9 Å². The maximum Gasteiger partial charge on any atom is 0.383 e. The van der Waals surface area contributed by atoms with E-state index in [0.717, 1.165) is 0 Å². The quantitative estimate of drug-likeness (QED) is 0.575. The molecule has 1 aromatic rings. The Labute approximate surface area is 141 Å². The highest BCUT2D eigenvalue weighted by molar-refractivity contribution is 7.99. The summed E-state index contributed by atoms with van der Waals surface area (Å²) in [6, 6.07) is 6.80. The van der Waals surface area contributed by atoms with E-state index in [-0.39, 0.29) is 18.1 Å². The van der Waals surface area contributed by atoms with Crippen LogP contribution in [-0.4, -0.2) is 32.2 Å². The zero-order valence-electron chi connectivity index (χ0n) is 13.9. The van der Waals surface area contributed by atoms with Crippen molar-refractivity contribution in [2.45, 2.75) is 43.3 Å². The average Bonchev–Trinajstić information content (AvgIpc) is 2.53. The smallest absolute Gasteiger partial charge is 0.306 e. The van der Waals surface area contributed by atoms with Gasteiger partial charge in [0, 0.05) is 12.8 Å². The third-order valence-electron chi connectivity index (χ3n) is 3.26. The Morgan fingerprint density at radius 3 is 2.08 bits per heavy atom. The third-order valence-corrected chi connectivity index (χ3v) is 8.81. The number of hydrogen-bond acceptors (Lipinski definition) is 6. The van der Waals surface area contributed by atoms with Gasteiger partial charge in [-0.1, -0.05) is 18.2 Å². The van der Waals surface area contributed by atoms with Gasteiger partial charge in [-0.3, -0.25) is 4.57 Å². The lowest BCUT2D eigenvalue weighted by molar-refractivity contribution is -0.117. The number of Topliss-reactive ketones (excluding diaryl/α,β-unsaturated/α-hetero) is 1. The van der Waals surface area contributed by atoms with Crippen molar-refractivity contribution in [2.24, 2.45) is 0 Å². The first-order valence-electron chi connectivity index (χ1n) is 7.52. The molecule has 0 saturated carbocycles. The lowest BCUT2D eigenvalue weighted by Crippen LogP contribution is -2.36. The molecular weight excluding hydrogens is 358 g/mol. The van der Waals surface area contributed by atoms with Crippen molar-refractivity contribution in [1.29, 1.82) is 0 Å². The van der Waals surface area contributed by atoms with Crippen molar-refractivity contribution in [3.05, 3.63) is 30.3 Å². The molecular formula is C15H22FO6PS. The summed E-state index contributed by atoms with van der Waals surface area (Å²) in [5.41, 5.74) is 0. The standard InChI is InChI=1S/C15H22FO6PS/c1-4-21-23(18,22-5-2)15(16,12-11-13(3)17)24(19,20)14-9-7-6-8-10-14/h6-10H,4-5,11-12H2,1-3H3/t15-/m0/s1. The Morgan fingerprint density at radius 2 is 1.67 bits per heavy atom.